The molecule has 1 rings (SSSR count). The van der Waals surface area contributed by atoms with Gasteiger partial charge in [-0.2, -0.15) is 0 Å². The first-order chi connectivity index (χ1) is 7.16. The van der Waals surface area contributed by atoms with E-state index in [1.165, 1.54) is 12.8 Å². The summed E-state index contributed by atoms with van der Waals surface area (Å²) < 4.78 is 0. The number of hydrogen-bond acceptors (Lipinski definition) is 1. The van der Waals surface area contributed by atoms with Crippen LogP contribution in [0.15, 0.2) is 0 Å². The van der Waals surface area contributed by atoms with Gasteiger partial charge in [0.15, 0.2) is 0 Å². The highest BCUT2D eigenvalue weighted by Gasteiger charge is 2.28. The van der Waals surface area contributed by atoms with Crippen LogP contribution in [0.3, 0.4) is 0 Å². The van der Waals surface area contributed by atoms with E-state index in [1.807, 2.05) is 11.9 Å². The number of carbonyl (C=O) groups excluding carboxylic acids is 1. The number of hydrogen-bond donors (Lipinski definition) is 0. The van der Waals surface area contributed by atoms with E-state index in [2.05, 4.69) is 6.92 Å². The van der Waals surface area contributed by atoms with Crippen molar-refractivity contribution in [3.8, 4) is 0 Å². The summed E-state index contributed by atoms with van der Waals surface area (Å²) in [5.41, 5.74) is 0. The number of halogens is 1. The van der Waals surface area contributed by atoms with E-state index >= 15 is 0 Å². The molecular weight excluding hydrogens is 210 g/mol. The Morgan fingerprint density at radius 2 is 2.07 bits per heavy atom. The normalized spacial score (nSPS) is 26.3. The highest BCUT2D eigenvalue weighted by atomic mass is 35.5. The van der Waals surface area contributed by atoms with Gasteiger partial charge in [0.2, 0.25) is 5.91 Å². The van der Waals surface area contributed by atoms with Gasteiger partial charge >= 0.3 is 0 Å². The second-order valence-corrected chi connectivity index (χ2v) is 5.04. The molecule has 0 radical (unpaired) electrons. The summed E-state index contributed by atoms with van der Waals surface area (Å²) in [6.07, 6.45) is 7.28. The van der Waals surface area contributed by atoms with Crippen molar-refractivity contribution in [2.24, 2.45) is 0 Å². The Balaban J connectivity index is 2.42. The molecule has 0 saturated heterocycles. The summed E-state index contributed by atoms with van der Waals surface area (Å²) in [5.74, 6) is 0.259. The molecule has 3 heteroatoms. The van der Waals surface area contributed by atoms with E-state index in [4.69, 9.17) is 11.6 Å². The fourth-order valence-corrected chi connectivity index (χ4v) is 2.64. The second-order valence-electron chi connectivity index (χ2n) is 4.48. The van der Waals surface area contributed by atoms with Crippen LogP contribution in [0.2, 0.25) is 0 Å². The Morgan fingerprint density at radius 1 is 1.40 bits per heavy atom. The molecule has 1 aliphatic carbocycles. The van der Waals surface area contributed by atoms with Crippen LogP contribution in [-0.4, -0.2) is 29.3 Å². The number of alkyl halides is 1. The zero-order chi connectivity index (χ0) is 11.3. The highest BCUT2D eigenvalue weighted by molar-refractivity contribution is 6.21. The number of amides is 1. The Kier molecular flexibility index (Phi) is 5.44. The Bertz CT molecular complexity index is 208. The van der Waals surface area contributed by atoms with Gasteiger partial charge in [0.05, 0.1) is 5.38 Å². The topological polar surface area (TPSA) is 20.3 Å². The van der Waals surface area contributed by atoms with Crippen LogP contribution in [-0.2, 0) is 4.79 Å². The molecule has 0 aromatic carbocycles. The van der Waals surface area contributed by atoms with Crippen molar-refractivity contribution in [1.82, 2.24) is 4.90 Å². The van der Waals surface area contributed by atoms with E-state index in [9.17, 15) is 4.79 Å². The summed E-state index contributed by atoms with van der Waals surface area (Å²) >= 11 is 6.26. The fourth-order valence-electron chi connectivity index (χ4n) is 2.19. The molecule has 1 fully saturated rings. The predicted octanol–water partition coefficient (Wildman–Crippen LogP) is 3.19. The lowest BCUT2D eigenvalue weighted by atomic mass is 9.93. The Hall–Kier alpha value is -0.240. The minimum absolute atomic E-state index is 0.161. The number of unbranched alkanes of at least 4 members (excludes halogenated alkanes) is 1. The molecule has 0 N–H and O–H groups in total. The van der Waals surface area contributed by atoms with Crippen molar-refractivity contribution >= 4 is 17.5 Å². The molecule has 1 aliphatic rings. The highest BCUT2D eigenvalue weighted by Crippen LogP contribution is 2.27. The van der Waals surface area contributed by atoms with Crippen LogP contribution in [0.1, 0.15) is 51.9 Å². The van der Waals surface area contributed by atoms with Gasteiger partial charge in [0.25, 0.3) is 0 Å². The van der Waals surface area contributed by atoms with Crippen molar-refractivity contribution in [2.75, 3.05) is 7.05 Å². The van der Waals surface area contributed by atoms with Crippen molar-refractivity contribution in [1.29, 1.82) is 0 Å². The monoisotopic (exact) mass is 231 g/mol. The zero-order valence-electron chi connectivity index (χ0n) is 9.84. The molecule has 1 saturated carbocycles. The summed E-state index contributed by atoms with van der Waals surface area (Å²) in [7, 11) is 1.91. The fraction of sp³-hybridized carbons (Fsp3) is 0.917. The Labute approximate surface area is 98.0 Å². The van der Waals surface area contributed by atoms with Gasteiger partial charge in [0, 0.05) is 19.5 Å². The van der Waals surface area contributed by atoms with Gasteiger partial charge in [-0.25, -0.2) is 0 Å². The summed E-state index contributed by atoms with van der Waals surface area (Å²) in [6, 6.07) is 0.268. The molecule has 2 nitrogen and oxygen atoms in total. The first-order valence-electron chi connectivity index (χ1n) is 6.06. The van der Waals surface area contributed by atoms with Crippen molar-refractivity contribution in [2.45, 2.75) is 63.3 Å². The van der Waals surface area contributed by atoms with Gasteiger partial charge in [-0.05, 0) is 19.3 Å². The molecule has 0 heterocycles. The van der Waals surface area contributed by atoms with E-state index in [0.29, 0.717) is 6.42 Å². The first-order valence-corrected chi connectivity index (χ1v) is 6.50. The number of nitrogens with zero attached hydrogens (tertiary/aromatic N) is 1. The predicted molar refractivity (Wildman–Crippen MR) is 64.2 cm³/mol. The molecule has 1 amide bonds. The van der Waals surface area contributed by atoms with Gasteiger partial charge < -0.3 is 4.90 Å². The molecular formula is C12H22ClNO. The number of rotatable bonds is 4. The van der Waals surface area contributed by atoms with Crippen molar-refractivity contribution in [3.63, 3.8) is 0 Å². The Morgan fingerprint density at radius 3 is 2.67 bits per heavy atom. The lowest BCUT2D eigenvalue weighted by Gasteiger charge is -2.35. The van der Waals surface area contributed by atoms with Gasteiger partial charge in [-0.1, -0.05) is 26.2 Å². The maximum absolute atomic E-state index is 11.8. The summed E-state index contributed by atoms with van der Waals surface area (Å²) in [6.45, 7) is 2.11. The zero-order valence-corrected chi connectivity index (χ0v) is 10.6. The first kappa shape index (κ1) is 12.8. The van der Waals surface area contributed by atoms with E-state index < -0.39 is 0 Å². The third kappa shape index (κ3) is 3.67. The SMILES string of the molecule is CCCCC(=O)N(C)C1CCCCC1Cl. The van der Waals surface area contributed by atoms with Crippen LogP contribution in [0, 0.1) is 0 Å². The molecule has 2 unspecified atom stereocenters. The molecule has 0 aliphatic heterocycles. The van der Waals surface area contributed by atoms with E-state index in [-0.39, 0.29) is 17.3 Å². The van der Waals surface area contributed by atoms with E-state index in [0.717, 1.165) is 25.7 Å². The maximum Gasteiger partial charge on any atom is 0.222 e. The third-order valence-electron chi connectivity index (χ3n) is 3.28. The van der Waals surface area contributed by atoms with Crippen LogP contribution in [0.5, 0.6) is 0 Å². The third-order valence-corrected chi connectivity index (χ3v) is 3.79. The molecule has 15 heavy (non-hydrogen) atoms. The lowest BCUT2D eigenvalue weighted by Crippen LogP contribution is -2.44. The average molecular weight is 232 g/mol. The standard InChI is InChI=1S/C12H22ClNO/c1-3-4-9-12(15)14(2)11-8-6-5-7-10(11)13/h10-11H,3-9H2,1-2H3. The molecule has 2 atom stereocenters. The van der Waals surface area contributed by atoms with Crippen LogP contribution < -0.4 is 0 Å². The molecule has 0 aromatic heterocycles. The average Bonchev–Trinajstić information content (AvgIpc) is 2.25. The van der Waals surface area contributed by atoms with E-state index in [1.54, 1.807) is 0 Å². The number of carbonyl (C=O) groups is 1. The summed E-state index contributed by atoms with van der Waals surface area (Å²) in [4.78, 5) is 13.7. The molecule has 88 valence electrons. The minimum Gasteiger partial charge on any atom is -0.341 e. The lowest BCUT2D eigenvalue weighted by molar-refractivity contribution is -0.132. The van der Waals surface area contributed by atoms with Crippen LogP contribution >= 0.6 is 11.6 Å². The van der Waals surface area contributed by atoms with Crippen molar-refractivity contribution in [3.05, 3.63) is 0 Å². The second kappa shape index (κ2) is 6.37. The maximum atomic E-state index is 11.8. The van der Waals surface area contributed by atoms with Crippen molar-refractivity contribution < 1.29 is 4.79 Å². The van der Waals surface area contributed by atoms with Gasteiger partial charge in [0.1, 0.15) is 0 Å². The smallest absolute Gasteiger partial charge is 0.222 e. The van der Waals surface area contributed by atoms with Gasteiger partial charge in [-0.3, -0.25) is 4.79 Å². The van der Waals surface area contributed by atoms with Gasteiger partial charge in [-0.15, -0.1) is 11.6 Å². The molecule has 0 bridgehead atoms. The molecule has 0 aromatic rings. The van der Waals surface area contributed by atoms with Crippen LogP contribution in [0.4, 0.5) is 0 Å². The largest absolute Gasteiger partial charge is 0.341 e. The van der Waals surface area contributed by atoms with Crippen LogP contribution in [0.25, 0.3) is 0 Å². The minimum atomic E-state index is 0.161. The summed E-state index contributed by atoms with van der Waals surface area (Å²) in [5, 5.41) is 0.161. The quantitative estimate of drug-likeness (QED) is 0.681. The molecule has 0 spiro atoms.